The van der Waals surface area contributed by atoms with Gasteiger partial charge in [0.25, 0.3) is 5.91 Å². The van der Waals surface area contributed by atoms with Crippen LogP contribution in [0.4, 0.5) is 5.69 Å². The molecule has 0 fully saturated rings. The molecule has 30 heavy (non-hydrogen) atoms. The maximum Gasteiger partial charge on any atom is 0.257 e. The highest BCUT2D eigenvalue weighted by Crippen LogP contribution is 2.25. The number of methoxy groups -OCH3 is 1. The van der Waals surface area contributed by atoms with Gasteiger partial charge in [0, 0.05) is 12.8 Å². The van der Waals surface area contributed by atoms with Crippen LogP contribution in [0.25, 0.3) is 0 Å². The molecule has 0 aliphatic rings. The molecule has 2 aromatic carbocycles. The van der Waals surface area contributed by atoms with E-state index in [1.54, 1.807) is 37.4 Å². The van der Waals surface area contributed by atoms with Crippen molar-refractivity contribution in [2.45, 2.75) is 26.9 Å². The normalized spacial score (nSPS) is 11.6. The molecule has 1 unspecified atom stereocenters. The number of amides is 1. The van der Waals surface area contributed by atoms with E-state index in [0.29, 0.717) is 35.1 Å². The molecular weight excluding hydrogens is 380 g/mol. The zero-order valence-corrected chi connectivity index (χ0v) is 17.6. The third kappa shape index (κ3) is 5.36. The van der Waals surface area contributed by atoms with Crippen LogP contribution in [0.15, 0.2) is 60.7 Å². The first kappa shape index (κ1) is 21.3. The van der Waals surface area contributed by atoms with E-state index < -0.39 is 0 Å². The summed E-state index contributed by atoms with van der Waals surface area (Å²) in [6, 6.07) is 18.2. The van der Waals surface area contributed by atoms with Gasteiger partial charge < -0.3 is 19.5 Å². The largest absolute Gasteiger partial charge is 0.494 e. The van der Waals surface area contributed by atoms with E-state index in [2.05, 4.69) is 10.3 Å². The van der Waals surface area contributed by atoms with Gasteiger partial charge in [-0.1, -0.05) is 0 Å². The van der Waals surface area contributed by atoms with E-state index in [4.69, 9.17) is 14.2 Å². The molecule has 0 spiro atoms. The van der Waals surface area contributed by atoms with Crippen LogP contribution in [-0.2, 0) is 4.74 Å². The number of rotatable bonds is 8. The lowest BCUT2D eigenvalue weighted by Crippen LogP contribution is -2.15. The third-order valence-electron chi connectivity index (χ3n) is 4.60. The van der Waals surface area contributed by atoms with Crippen LogP contribution in [-0.4, -0.2) is 24.6 Å². The molecule has 0 radical (unpaired) electrons. The number of nitrogens with one attached hydrogen (secondary N) is 1. The number of nitrogens with zero attached hydrogens (tertiary/aromatic N) is 1. The minimum absolute atomic E-state index is 0.122. The molecule has 6 heteroatoms. The molecule has 1 atom stereocenters. The summed E-state index contributed by atoms with van der Waals surface area (Å²) in [7, 11) is 1.63. The average Bonchev–Trinajstić information content (AvgIpc) is 2.76. The summed E-state index contributed by atoms with van der Waals surface area (Å²) in [6.07, 6.45) is -0.122. The number of pyridine rings is 1. The Morgan fingerprint density at radius 3 is 2.13 bits per heavy atom. The van der Waals surface area contributed by atoms with Gasteiger partial charge in [0.05, 0.1) is 29.7 Å². The SMILES string of the molecule is CCOc1ccc(Oc2ccc(NC(=O)c3ccc(C(C)OC)nc3C)cc2)cc1. The summed E-state index contributed by atoms with van der Waals surface area (Å²) < 4.78 is 16.5. The Bertz CT molecular complexity index is 985. The van der Waals surface area contributed by atoms with Crippen LogP contribution in [0.3, 0.4) is 0 Å². The van der Waals surface area contributed by atoms with Crippen molar-refractivity contribution in [3.8, 4) is 17.2 Å². The molecule has 156 valence electrons. The Balaban J connectivity index is 1.63. The Labute approximate surface area is 176 Å². The molecule has 1 amide bonds. The highest BCUT2D eigenvalue weighted by molar-refractivity contribution is 6.05. The number of carbonyl (C=O) groups is 1. The first-order valence-electron chi connectivity index (χ1n) is 9.82. The van der Waals surface area contributed by atoms with Crippen molar-refractivity contribution in [2.24, 2.45) is 0 Å². The van der Waals surface area contributed by atoms with E-state index in [0.717, 1.165) is 11.4 Å². The number of aromatic nitrogens is 1. The minimum Gasteiger partial charge on any atom is -0.494 e. The first-order valence-corrected chi connectivity index (χ1v) is 9.82. The summed E-state index contributed by atoms with van der Waals surface area (Å²) >= 11 is 0. The fourth-order valence-electron chi connectivity index (χ4n) is 2.88. The van der Waals surface area contributed by atoms with E-state index in [-0.39, 0.29) is 12.0 Å². The average molecular weight is 406 g/mol. The highest BCUT2D eigenvalue weighted by atomic mass is 16.5. The van der Waals surface area contributed by atoms with Gasteiger partial charge in [-0.3, -0.25) is 9.78 Å². The monoisotopic (exact) mass is 406 g/mol. The van der Waals surface area contributed by atoms with Gasteiger partial charge in [0.1, 0.15) is 17.2 Å². The van der Waals surface area contributed by atoms with Crippen LogP contribution in [0.2, 0.25) is 0 Å². The van der Waals surface area contributed by atoms with Crippen LogP contribution < -0.4 is 14.8 Å². The van der Waals surface area contributed by atoms with Crippen LogP contribution in [0.5, 0.6) is 17.2 Å². The third-order valence-corrected chi connectivity index (χ3v) is 4.60. The Morgan fingerprint density at radius 2 is 1.57 bits per heavy atom. The second-order valence-electron chi connectivity index (χ2n) is 6.73. The molecule has 1 heterocycles. The number of hydrogen-bond acceptors (Lipinski definition) is 5. The molecular formula is C24H26N2O4. The fraction of sp³-hybridized carbons (Fsp3) is 0.250. The lowest BCUT2D eigenvalue weighted by Gasteiger charge is -2.12. The van der Waals surface area contributed by atoms with Crippen molar-refractivity contribution in [1.82, 2.24) is 4.98 Å². The maximum absolute atomic E-state index is 12.6. The van der Waals surface area contributed by atoms with Gasteiger partial charge >= 0.3 is 0 Å². The van der Waals surface area contributed by atoms with Gasteiger partial charge in [-0.25, -0.2) is 0 Å². The van der Waals surface area contributed by atoms with Crippen molar-refractivity contribution in [2.75, 3.05) is 19.0 Å². The standard InChI is InChI=1S/C24H26N2O4/c1-5-29-19-10-12-21(13-11-19)30-20-8-6-18(7-9-20)26-24(27)22-14-15-23(17(3)28-4)25-16(22)2/h6-15,17H,5H2,1-4H3,(H,26,27). The number of aryl methyl sites for hydroxylation is 1. The smallest absolute Gasteiger partial charge is 0.257 e. The zero-order valence-electron chi connectivity index (χ0n) is 17.6. The van der Waals surface area contributed by atoms with Crippen LogP contribution in [0, 0.1) is 6.92 Å². The van der Waals surface area contributed by atoms with E-state index in [1.165, 1.54) is 0 Å². The van der Waals surface area contributed by atoms with Crippen molar-refractivity contribution in [3.05, 3.63) is 77.6 Å². The molecule has 0 saturated carbocycles. The van der Waals surface area contributed by atoms with E-state index in [9.17, 15) is 4.79 Å². The van der Waals surface area contributed by atoms with Crippen LogP contribution >= 0.6 is 0 Å². The molecule has 3 rings (SSSR count). The minimum atomic E-state index is -0.211. The Hall–Kier alpha value is -3.38. The van der Waals surface area contributed by atoms with Gasteiger partial charge in [-0.15, -0.1) is 0 Å². The summed E-state index contributed by atoms with van der Waals surface area (Å²) in [6.45, 7) is 6.30. The molecule has 0 aliphatic heterocycles. The number of benzene rings is 2. The highest BCUT2D eigenvalue weighted by Gasteiger charge is 2.13. The lowest BCUT2D eigenvalue weighted by atomic mass is 10.1. The second kappa shape index (κ2) is 9.89. The van der Waals surface area contributed by atoms with E-state index in [1.807, 2.05) is 51.1 Å². The Kier molecular flexibility index (Phi) is 7.03. The van der Waals surface area contributed by atoms with Crippen molar-refractivity contribution >= 4 is 11.6 Å². The van der Waals surface area contributed by atoms with Crippen molar-refractivity contribution in [3.63, 3.8) is 0 Å². The lowest BCUT2D eigenvalue weighted by molar-refractivity contribution is 0.102. The van der Waals surface area contributed by atoms with Gasteiger partial charge in [0.2, 0.25) is 0 Å². The van der Waals surface area contributed by atoms with Crippen molar-refractivity contribution < 1.29 is 19.0 Å². The topological polar surface area (TPSA) is 69.7 Å². The van der Waals surface area contributed by atoms with Gasteiger partial charge in [-0.2, -0.15) is 0 Å². The fourth-order valence-corrected chi connectivity index (χ4v) is 2.88. The summed E-state index contributed by atoms with van der Waals surface area (Å²) in [5.41, 5.74) is 2.65. The zero-order chi connectivity index (χ0) is 21.5. The number of carbonyl (C=O) groups excluding carboxylic acids is 1. The first-order chi connectivity index (χ1) is 14.5. The maximum atomic E-state index is 12.6. The molecule has 6 nitrogen and oxygen atoms in total. The van der Waals surface area contributed by atoms with E-state index >= 15 is 0 Å². The number of hydrogen-bond donors (Lipinski definition) is 1. The van der Waals surface area contributed by atoms with Gasteiger partial charge in [-0.05, 0) is 81.4 Å². The summed E-state index contributed by atoms with van der Waals surface area (Å²) in [5, 5.41) is 2.89. The Morgan fingerprint density at radius 1 is 0.967 bits per heavy atom. The molecule has 1 aromatic heterocycles. The molecule has 3 aromatic rings. The molecule has 0 saturated heterocycles. The molecule has 0 bridgehead atoms. The predicted octanol–water partition coefficient (Wildman–Crippen LogP) is 5.54. The number of anilines is 1. The quantitative estimate of drug-likeness (QED) is 0.532. The molecule has 1 N–H and O–H groups in total. The summed E-state index contributed by atoms with van der Waals surface area (Å²) in [4.78, 5) is 17.1. The van der Waals surface area contributed by atoms with Crippen LogP contribution in [0.1, 0.15) is 41.7 Å². The van der Waals surface area contributed by atoms with Gasteiger partial charge in [0.15, 0.2) is 0 Å². The predicted molar refractivity (Wildman–Crippen MR) is 116 cm³/mol. The number of ether oxygens (including phenoxy) is 3. The van der Waals surface area contributed by atoms with Crippen molar-refractivity contribution in [1.29, 1.82) is 0 Å². The summed E-state index contributed by atoms with van der Waals surface area (Å²) in [5.74, 6) is 1.98. The molecule has 0 aliphatic carbocycles. The second-order valence-corrected chi connectivity index (χ2v) is 6.73.